The highest BCUT2D eigenvalue weighted by Gasteiger charge is 2.29. The van der Waals surface area contributed by atoms with E-state index in [9.17, 15) is 10.1 Å². The molecule has 0 amide bonds. The number of aromatic nitrogens is 1. The standard InChI is InChI=1S/C19H23N3O2/c1-2-10-21-18-8-7-15(22(23)24)12-16(18)17-13-20(11-9-19(17)21)14-5-3-4-6-14/h2,7-8,12,14H,1,3-6,9-11,13H2. The van der Waals surface area contributed by atoms with Gasteiger partial charge in [-0.3, -0.25) is 15.0 Å². The zero-order valence-corrected chi connectivity index (χ0v) is 13.9. The largest absolute Gasteiger partial charge is 0.340 e. The molecule has 126 valence electrons. The molecule has 0 spiro atoms. The molecule has 0 bridgehead atoms. The lowest BCUT2D eigenvalue weighted by Gasteiger charge is -2.33. The van der Waals surface area contributed by atoms with Crippen LogP contribution in [0.5, 0.6) is 0 Å². The fourth-order valence-corrected chi connectivity index (χ4v) is 4.49. The number of rotatable bonds is 4. The number of fused-ring (bicyclic) bond motifs is 3. The van der Waals surface area contributed by atoms with Crippen LogP contribution in [0.4, 0.5) is 5.69 Å². The molecule has 1 saturated carbocycles. The maximum atomic E-state index is 11.2. The average Bonchev–Trinajstić information content (AvgIpc) is 3.22. The van der Waals surface area contributed by atoms with Crippen molar-refractivity contribution in [2.24, 2.45) is 0 Å². The molecular weight excluding hydrogens is 302 g/mol. The van der Waals surface area contributed by atoms with Crippen molar-refractivity contribution in [1.82, 2.24) is 9.47 Å². The first-order valence-corrected chi connectivity index (χ1v) is 8.82. The van der Waals surface area contributed by atoms with E-state index in [0.717, 1.165) is 37.0 Å². The maximum absolute atomic E-state index is 11.2. The van der Waals surface area contributed by atoms with Gasteiger partial charge in [-0.15, -0.1) is 6.58 Å². The van der Waals surface area contributed by atoms with Gasteiger partial charge in [0.15, 0.2) is 0 Å². The highest BCUT2D eigenvalue weighted by molar-refractivity contribution is 5.88. The van der Waals surface area contributed by atoms with E-state index >= 15 is 0 Å². The third-order valence-corrected chi connectivity index (χ3v) is 5.63. The second-order valence-electron chi connectivity index (χ2n) is 6.94. The van der Waals surface area contributed by atoms with Crippen molar-refractivity contribution in [2.45, 2.75) is 51.2 Å². The summed E-state index contributed by atoms with van der Waals surface area (Å²) in [7, 11) is 0. The van der Waals surface area contributed by atoms with Crippen LogP contribution in [0.2, 0.25) is 0 Å². The second-order valence-corrected chi connectivity index (χ2v) is 6.94. The van der Waals surface area contributed by atoms with Crippen LogP contribution < -0.4 is 0 Å². The van der Waals surface area contributed by atoms with Crippen LogP contribution in [0.25, 0.3) is 10.9 Å². The van der Waals surface area contributed by atoms with Crippen molar-refractivity contribution in [3.05, 3.63) is 52.2 Å². The lowest BCUT2D eigenvalue weighted by molar-refractivity contribution is -0.384. The Hall–Kier alpha value is -2.14. The molecule has 1 aromatic heterocycles. The number of nitrogens with zero attached hydrogens (tertiary/aromatic N) is 3. The van der Waals surface area contributed by atoms with Crippen molar-refractivity contribution in [1.29, 1.82) is 0 Å². The van der Waals surface area contributed by atoms with Crippen LogP contribution in [-0.4, -0.2) is 27.0 Å². The summed E-state index contributed by atoms with van der Waals surface area (Å²) in [4.78, 5) is 13.5. The summed E-state index contributed by atoms with van der Waals surface area (Å²) in [5.41, 5.74) is 3.89. The van der Waals surface area contributed by atoms with Crippen LogP contribution in [0.1, 0.15) is 36.9 Å². The molecule has 0 atom stereocenters. The van der Waals surface area contributed by atoms with Crippen molar-refractivity contribution in [3.8, 4) is 0 Å². The Bertz CT molecular complexity index is 803. The monoisotopic (exact) mass is 325 g/mol. The van der Waals surface area contributed by atoms with E-state index in [2.05, 4.69) is 16.0 Å². The van der Waals surface area contributed by atoms with E-state index in [1.54, 1.807) is 12.1 Å². The highest BCUT2D eigenvalue weighted by Crippen LogP contribution is 2.35. The molecule has 2 aromatic rings. The van der Waals surface area contributed by atoms with Crippen LogP contribution in [0, 0.1) is 10.1 Å². The summed E-state index contributed by atoms with van der Waals surface area (Å²) < 4.78 is 2.29. The predicted molar refractivity (Wildman–Crippen MR) is 95.2 cm³/mol. The van der Waals surface area contributed by atoms with Gasteiger partial charge in [0.25, 0.3) is 5.69 Å². The third-order valence-electron chi connectivity index (χ3n) is 5.63. The number of nitro benzene ring substituents is 1. The van der Waals surface area contributed by atoms with Gasteiger partial charge < -0.3 is 4.57 Å². The fraction of sp³-hybridized carbons (Fsp3) is 0.474. The molecule has 1 aromatic carbocycles. The summed E-state index contributed by atoms with van der Waals surface area (Å²) in [6, 6.07) is 5.96. The molecule has 4 rings (SSSR count). The Kier molecular flexibility index (Phi) is 3.88. The Labute approximate surface area is 141 Å². The molecule has 5 heteroatoms. The summed E-state index contributed by atoms with van der Waals surface area (Å²) in [6.45, 7) is 6.64. The molecule has 1 aliphatic carbocycles. The van der Waals surface area contributed by atoms with Crippen molar-refractivity contribution in [2.75, 3.05) is 6.54 Å². The first-order chi connectivity index (χ1) is 11.7. The quantitative estimate of drug-likeness (QED) is 0.484. The molecular formula is C19H23N3O2. The number of allylic oxidation sites excluding steroid dienone is 1. The summed E-state index contributed by atoms with van der Waals surface area (Å²) >= 11 is 0. The maximum Gasteiger partial charge on any atom is 0.270 e. The van der Waals surface area contributed by atoms with Crippen LogP contribution >= 0.6 is 0 Å². The molecule has 0 N–H and O–H groups in total. The summed E-state index contributed by atoms with van der Waals surface area (Å²) in [6.07, 6.45) is 8.17. The van der Waals surface area contributed by atoms with Gasteiger partial charge >= 0.3 is 0 Å². The number of non-ortho nitro benzene ring substituents is 1. The number of hydrogen-bond acceptors (Lipinski definition) is 3. The molecule has 0 radical (unpaired) electrons. The lowest BCUT2D eigenvalue weighted by Crippen LogP contribution is -2.38. The van der Waals surface area contributed by atoms with Crippen LogP contribution in [-0.2, 0) is 19.5 Å². The number of nitro groups is 1. The first kappa shape index (κ1) is 15.4. The van der Waals surface area contributed by atoms with E-state index < -0.39 is 0 Å². The fourth-order valence-electron chi connectivity index (χ4n) is 4.49. The van der Waals surface area contributed by atoms with Crippen molar-refractivity contribution < 1.29 is 4.92 Å². The molecule has 5 nitrogen and oxygen atoms in total. The Morgan fingerprint density at radius 3 is 2.83 bits per heavy atom. The van der Waals surface area contributed by atoms with Gasteiger partial charge in [0.05, 0.1) is 4.92 Å². The van der Waals surface area contributed by atoms with Crippen molar-refractivity contribution >= 4 is 16.6 Å². The smallest absolute Gasteiger partial charge is 0.270 e. The molecule has 2 heterocycles. The molecule has 0 unspecified atom stereocenters. The summed E-state index contributed by atoms with van der Waals surface area (Å²) in [5, 5.41) is 12.2. The van der Waals surface area contributed by atoms with Crippen LogP contribution in [0.3, 0.4) is 0 Å². The topological polar surface area (TPSA) is 51.3 Å². The zero-order chi connectivity index (χ0) is 16.7. The SMILES string of the molecule is C=CCn1c2c(c3cc([N+](=O)[O-])ccc31)CN(C1CCCC1)CC2. The van der Waals surface area contributed by atoms with E-state index in [-0.39, 0.29) is 10.6 Å². The minimum absolute atomic E-state index is 0.180. The van der Waals surface area contributed by atoms with Gasteiger partial charge in [-0.2, -0.15) is 0 Å². The molecule has 1 aliphatic heterocycles. The van der Waals surface area contributed by atoms with Gasteiger partial charge in [-0.25, -0.2) is 0 Å². The van der Waals surface area contributed by atoms with Gasteiger partial charge in [0.2, 0.25) is 0 Å². The Morgan fingerprint density at radius 2 is 2.12 bits per heavy atom. The Morgan fingerprint density at radius 1 is 1.33 bits per heavy atom. The zero-order valence-electron chi connectivity index (χ0n) is 13.9. The van der Waals surface area contributed by atoms with Gasteiger partial charge in [-0.05, 0) is 24.5 Å². The van der Waals surface area contributed by atoms with Gasteiger partial charge in [-0.1, -0.05) is 18.9 Å². The molecule has 1 fully saturated rings. The first-order valence-electron chi connectivity index (χ1n) is 8.82. The molecule has 0 saturated heterocycles. The second kappa shape index (κ2) is 6.06. The third kappa shape index (κ3) is 2.44. The van der Waals surface area contributed by atoms with E-state index in [4.69, 9.17) is 0 Å². The predicted octanol–water partition coefficient (Wildman–Crippen LogP) is 4.04. The van der Waals surface area contributed by atoms with E-state index in [1.807, 2.05) is 12.1 Å². The summed E-state index contributed by atoms with van der Waals surface area (Å²) in [5.74, 6) is 0. The van der Waals surface area contributed by atoms with Gasteiger partial charge in [0, 0.05) is 60.8 Å². The van der Waals surface area contributed by atoms with Crippen LogP contribution in [0.15, 0.2) is 30.9 Å². The van der Waals surface area contributed by atoms with E-state index in [1.165, 1.54) is 36.9 Å². The minimum Gasteiger partial charge on any atom is -0.340 e. The number of hydrogen-bond donors (Lipinski definition) is 0. The normalized spacial score (nSPS) is 18.8. The lowest BCUT2D eigenvalue weighted by atomic mass is 10.0. The number of benzene rings is 1. The average molecular weight is 325 g/mol. The highest BCUT2D eigenvalue weighted by atomic mass is 16.6. The van der Waals surface area contributed by atoms with Gasteiger partial charge in [0.1, 0.15) is 0 Å². The molecule has 2 aliphatic rings. The molecule has 24 heavy (non-hydrogen) atoms. The minimum atomic E-state index is -0.297. The Balaban J connectivity index is 1.81. The van der Waals surface area contributed by atoms with E-state index in [0.29, 0.717) is 6.04 Å². The van der Waals surface area contributed by atoms with Crippen molar-refractivity contribution in [3.63, 3.8) is 0 Å².